The van der Waals surface area contributed by atoms with Gasteiger partial charge in [-0.15, -0.1) is 0 Å². The number of rotatable bonds is 3. The van der Waals surface area contributed by atoms with Crippen LogP contribution < -0.4 is 15.1 Å². The minimum Gasteiger partial charge on any atom is -0.351 e. The maximum Gasteiger partial charge on any atom is 0.234 e. The number of amides is 1. The van der Waals surface area contributed by atoms with E-state index >= 15 is 0 Å². The summed E-state index contributed by atoms with van der Waals surface area (Å²) in [6.45, 7) is 4.72. The van der Waals surface area contributed by atoms with E-state index in [-0.39, 0.29) is 5.91 Å². The number of carbonyl (C=O) groups excluding carboxylic acids is 1. The van der Waals surface area contributed by atoms with Gasteiger partial charge in [-0.25, -0.2) is 4.98 Å². The molecule has 27 heavy (non-hydrogen) atoms. The van der Waals surface area contributed by atoms with E-state index in [9.17, 15) is 4.79 Å². The Kier molecular flexibility index (Phi) is 4.50. The van der Waals surface area contributed by atoms with Crippen molar-refractivity contribution in [2.45, 2.75) is 45.6 Å². The molecule has 0 unspecified atom stereocenters. The lowest BCUT2D eigenvalue weighted by Gasteiger charge is -2.34. The molecule has 0 saturated heterocycles. The topological polar surface area (TPSA) is 61.4 Å². The molecule has 1 fully saturated rings. The number of anilines is 4. The lowest BCUT2D eigenvalue weighted by Crippen LogP contribution is -2.45. The van der Waals surface area contributed by atoms with Crippen molar-refractivity contribution in [2.75, 3.05) is 28.7 Å². The van der Waals surface area contributed by atoms with Crippen LogP contribution in [0.1, 0.15) is 39.5 Å². The van der Waals surface area contributed by atoms with Gasteiger partial charge >= 0.3 is 0 Å². The van der Waals surface area contributed by atoms with Gasteiger partial charge in [-0.1, -0.05) is 31.0 Å². The quantitative estimate of drug-likeness (QED) is 0.892. The van der Waals surface area contributed by atoms with Crippen molar-refractivity contribution in [2.24, 2.45) is 5.41 Å². The zero-order valence-corrected chi connectivity index (χ0v) is 16.3. The highest BCUT2D eigenvalue weighted by Gasteiger charge is 2.41. The van der Waals surface area contributed by atoms with Crippen LogP contribution in [-0.4, -0.2) is 35.5 Å². The number of fused-ring (bicyclic) bond motifs is 1. The molecule has 142 valence electrons. The standard InChI is InChI=1S/C21H27N5O/c1-21(2)14-26(16-11-7-8-12-16)18-17(25(3)19(21)27)13-22-20(24-18)23-15-9-5-4-6-10-15/h4-6,9-10,13,16H,7-8,11-12,14H2,1-3H3,(H,22,23,24). The summed E-state index contributed by atoms with van der Waals surface area (Å²) >= 11 is 0. The maximum atomic E-state index is 13.0. The highest BCUT2D eigenvalue weighted by Crippen LogP contribution is 2.40. The van der Waals surface area contributed by atoms with Gasteiger partial charge in [0.15, 0.2) is 5.82 Å². The number of nitrogens with zero attached hydrogens (tertiary/aromatic N) is 4. The predicted octanol–water partition coefficient (Wildman–Crippen LogP) is 3.97. The summed E-state index contributed by atoms with van der Waals surface area (Å²) in [6, 6.07) is 10.3. The van der Waals surface area contributed by atoms with Gasteiger partial charge in [0, 0.05) is 25.3 Å². The molecular formula is C21H27N5O. The Morgan fingerprint density at radius 2 is 1.85 bits per heavy atom. The number of hydrogen-bond donors (Lipinski definition) is 1. The van der Waals surface area contributed by atoms with Crippen LogP contribution in [0.4, 0.5) is 23.1 Å². The fourth-order valence-electron chi connectivity index (χ4n) is 4.17. The summed E-state index contributed by atoms with van der Waals surface area (Å²) in [5, 5.41) is 3.28. The number of aromatic nitrogens is 2. The van der Waals surface area contributed by atoms with Gasteiger partial charge in [-0.3, -0.25) is 4.79 Å². The van der Waals surface area contributed by atoms with Gasteiger partial charge in [0.05, 0.1) is 11.6 Å². The number of nitrogens with one attached hydrogen (secondary N) is 1. The summed E-state index contributed by atoms with van der Waals surface area (Å²) in [6.07, 6.45) is 6.55. The Bertz CT molecular complexity index is 830. The molecule has 1 N–H and O–H groups in total. The van der Waals surface area contributed by atoms with E-state index in [1.54, 1.807) is 11.1 Å². The molecule has 1 aliphatic carbocycles. The number of para-hydroxylation sites is 1. The average molecular weight is 365 g/mol. The molecule has 1 amide bonds. The van der Waals surface area contributed by atoms with E-state index in [0.29, 0.717) is 18.5 Å². The molecule has 2 aromatic rings. The molecule has 2 heterocycles. The van der Waals surface area contributed by atoms with Crippen molar-refractivity contribution >= 4 is 29.0 Å². The molecular weight excluding hydrogens is 338 g/mol. The average Bonchev–Trinajstić information content (AvgIpc) is 3.18. The van der Waals surface area contributed by atoms with Gasteiger partial charge in [0.1, 0.15) is 5.69 Å². The van der Waals surface area contributed by atoms with Gasteiger partial charge in [-0.05, 0) is 38.8 Å². The minimum absolute atomic E-state index is 0.108. The molecule has 1 aromatic heterocycles. The third-order valence-corrected chi connectivity index (χ3v) is 5.63. The zero-order valence-electron chi connectivity index (χ0n) is 16.3. The molecule has 0 atom stereocenters. The fraction of sp³-hybridized carbons (Fsp3) is 0.476. The second-order valence-electron chi connectivity index (χ2n) is 8.21. The Hall–Kier alpha value is -2.63. The number of hydrogen-bond acceptors (Lipinski definition) is 5. The van der Waals surface area contributed by atoms with Crippen LogP contribution >= 0.6 is 0 Å². The SMILES string of the molecule is CN1C(=O)C(C)(C)CN(C2CCCC2)c2nc(Nc3ccccc3)ncc21. The first kappa shape index (κ1) is 17.8. The van der Waals surface area contributed by atoms with Crippen molar-refractivity contribution < 1.29 is 4.79 Å². The highest BCUT2D eigenvalue weighted by atomic mass is 16.2. The van der Waals surface area contributed by atoms with E-state index in [1.165, 1.54) is 12.8 Å². The van der Waals surface area contributed by atoms with Gasteiger partial charge in [0.2, 0.25) is 11.9 Å². The number of benzene rings is 1. The second-order valence-corrected chi connectivity index (χ2v) is 8.21. The van der Waals surface area contributed by atoms with Crippen molar-refractivity contribution in [3.8, 4) is 0 Å². The summed E-state index contributed by atoms with van der Waals surface area (Å²) in [4.78, 5) is 26.4. The van der Waals surface area contributed by atoms with E-state index in [4.69, 9.17) is 4.98 Å². The fourth-order valence-corrected chi connectivity index (χ4v) is 4.17. The summed E-state index contributed by atoms with van der Waals surface area (Å²) in [5.74, 6) is 1.52. The Morgan fingerprint density at radius 1 is 1.15 bits per heavy atom. The first-order valence-corrected chi connectivity index (χ1v) is 9.70. The lowest BCUT2D eigenvalue weighted by molar-refractivity contribution is -0.125. The monoisotopic (exact) mass is 365 g/mol. The van der Waals surface area contributed by atoms with Crippen molar-refractivity contribution in [1.82, 2.24) is 9.97 Å². The third-order valence-electron chi connectivity index (χ3n) is 5.63. The van der Waals surface area contributed by atoms with E-state index < -0.39 is 5.41 Å². The second kappa shape index (κ2) is 6.83. The van der Waals surface area contributed by atoms with Crippen molar-refractivity contribution in [3.05, 3.63) is 36.5 Å². The largest absolute Gasteiger partial charge is 0.351 e. The molecule has 4 rings (SSSR count). The van der Waals surface area contributed by atoms with Crippen LogP contribution in [0, 0.1) is 5.41 Å². The molecule has 6 nitrogen and oxygen atoms in total. The van der Waals surface area contributed by atoms with Crippen LogP contribution in [0.5, 0.6) is 0 Å². The van der Waals surface area contributed by atoms with E-state index in [1.807, 2.05) is 51.2 Å². The van der Waals surface area contributed by atoms with Crippen molar-refractivity contribution in [3.63, 3.8) is 0 Å². The van der Waals surface area contributed by atoms with Crippen LogP contribution in [0.3, 0.4) is 0 Å². The first-order valence-electron chi connectivity index (χ1n) is 9.70. The Balaban J connectivity index is 1.76. The lowest BCUT2D eigenvalue weighted by atomic mass is 9.91. The van der Waals surface area contributed by atoms with Crippen LogP contribution in [0.2, 0.25) is 0 Å². The molecule has 1 aliphatic heterocycles. The molecule has 6 heteroatoms. The third kappa shape index (κ3) is 3.36. The molecule has 1 aromatic carbocycles. The minimum atomic E-state index is -0.467. The highest BCUT2D eigenvalue weighted by molar-refractivity contribution is 6.00. The van der Waals surface area contributed by atoms with Crippen LogP contribution in [0.25, 0.3) is 0 Å². The Labute approximate surface area is 160 Å². The molecule has 0 radical (unpaired) electrons. The van der Waals surface area contributed by atoms with Crippen LogP contribution in [-0.2, 0) is 4.79 Å². The summed E-state index contributed by atoms with van der Waals surface area (Å²) < 4.78 is 0. The molecule has 1 saturated carbocycles. The van der Waals surface area contributed by atoms with Gasteiger partial charge < -0.3 is 15.1 Å². The van der Waals surface area contributed by atoms with Gasteiger partial charge in [0.25, 0.3) is 0 Å². The molecule has 2 aliphatic rings. The molecule has 0 bridgehead atoms. The number of carbonyl (C=O) groups is 1. The zero-order chi connectivity index (χ0) is 19.0. The smallest absolute Gasteiger partial charge is 0.234 e. The van der Waals surface area contributed by atoms with Gasteiger partial charge in [-0.2, -0.15) is 4.98 Å². The summed E-state index contributed by atoms with van der Waals surface area (Å²) in [5.41, 5.74) is 1.27. The van der Waals surface area contributed by atoms with E-state index in [0.717, 1.165) is 30.0 Å². The normalized spacial score (nSPS) is 19.7. The van der Waals surface area contributed by atoms with E-state index in [2.05, 4.69) is 15.2 Å². The predicted molar refractivity (Wildman–Crippen MR) is 109 cm³/mol. The van der Waals surface area contributed by atoms with Crippen molar-refractivity contribution in [1.29, 1.82) is 0 Å². The maximum absolute atomic E-state index is 13.0. The summed E-state index contributed by atoms with van der Waals surface area (Å²) in [7, 11) is 1.83. The van der Waals surface area contributed by atoms with Crippen LogP contribution in [0.15, 0.2) is 36.5 Å². The molecule has 0 spiro atoms. The Morgan fingerprint density at radius 3 is 2.56 bits per heavy atom. The first-order chi connectivity index (χ1) is 13.0.